The molecule has 11 heteroatoms. The number of hydrogen-bond acceptors (Lipinski definition) is 5. The van der Waals surface area contributed by atoms with Crippen molar-refractivity contribution < 1.29 is 27.5 Å². The number of aromatic nitrogens is 3. The Morgan fingerprint density at radius 2 is 2.06 bits per heavy atom. The van der Waals surface area contributed by atoms with E-state index in [4.69, 9.17) is 4.74 Å². The summed E-state index contributed by atoms with van der Waals surface area (Å²) in [5.41, 5.74) is 2.21. The van der Waals surface area contributed by atoms with Gasteiger partial charge < -0.3 is 15.0 Å². The number of alkyl halides is 3. The third-order valence-electron chi connectivity index (χ3n) is 6.82. The number of aryl methyl sites for hydroxylation is 1. The maximum absolute atomic E-state index is 13.7. The predicted molar refractivity (Wildman–Crippen MR) is 121 cm³/mol. The van der Waals surface area contributed by atoms with E-state index in [0.717, 1.165) is 16.5 Å². The molecule has 0 atom stereocenters. The molecule has 1 aliphatic carbocycles. The van der Waals surface area contributed by atoms with Gasteiger partial charge in [-0.3, -0.25) is 14.7 Å². The first-order valence-electron chi connectivity index (χ1n) is 11.4. The summed E-state index contributed by atoms with van der Waals surface area (Å²) in [6.45, 7) is 0.0249. The van der Waals surface area contributed by atoms with Crippen molar-refractivity contribution in [2.75, 3.05) is 18.0 Å². The number of H-pyrrole nitrogens is 1. The zero-order chi connectivity index (χ0) is 24.8. The van der Waals surface area contributed by atoms with E-state index < -0.39 is 30.6 Å². The number of benzene rings is 1. The van der Waals surface area contributed by atoms with Crippen LogP contribution in [-0.4, -0.2) is 52.4 Å². The van der Waals surface area contributed by atoms with Gasteiger partial charge in [-0.15, -0.1) is 0 Å². The average molecular weight is 487 g/mol. The van der Waals surface area contributed by atoms with Gasteiger partial charge in [0, 0.05) is 11.1 Å². The summed E-state index contributed by atoms with van der Waals surface area (Å²) in [5, 5.41) is 9.45. The van der Waals surface area contributed by atoms with Crippen LogP contribution in [0.2, 0.25) is 0 Å². The molecule has 1 aliphatic heterocycles. The van der Waals surface area contributed by atoms with Crippen LogP contribution in [0, 0.1) is 6.92 Å². The number of anilines is 1. The molecule has 1 spiro atoms. The lowest BCUT2D eigenvalue weighted by molar-refractivity contribution is -0.138. The van der Waals surface area contributed by atoms with Crippen LogP contribution in [0.1, 0.15) is 36.8 Å². The zero-order valence-corrected chi connectivity index (χ0v) is 19.0. The maximum atomic E-state index is 13.7. The Bertz CT molecular complexity index is 1280. The van der Waals surface area contributed by atoms with E-state index in [1.165, 1.54) is 4.90 Å². The number of hydrogen-bond donors (Lipinski definition) is 2. The second-order valence-corrected chi connectivity index (χ2v) is 9.13. The number of nitrogens with one attached hydrogen (secondary N) is 2. The highest BCUT2D eigenvalue weighted by molar-refractivity contribution is 6.11. The lowest BCUT2D eigenvalue weighted by Gasteiger charge is -2.37. The highest BCUT2D eigenvalue weighted by Crippen LogP contribution is 2.51. The van der Waals surface area contributed by atoms with Gasteiger partial charge in [-0.25, -0.2) is 4.98 Å². The third kappa shape index (κ3) is 4.30. The van der Waals surface area contributed by atoms with Gasteiger partial charge in [0.05, 0.1) is 23.9 Å². The number of rotatable bonds is 5. The first-order chi connectivity index (χ1) is 16.7. The number of pyridine rings is 1. The number of carbonyl (C=O) groups excluding carboxylic acids is 2. The monoisotopic (exact) mass is 487 g/mol. The number of ether oxygens (including phenoxy) is 1. The summed E-state index contributed by atoms with van der Waals surface area (Å²) in [6, 6.07) is 7.31. The average Bonchev–Trinajstić information content (AvgIpc) is 3.37. The van der Waals surface area contributed by atoms with Crippen LogP contribution in [0.5, 0.6) is 5.75 Å². The Balaban J connectivity index is 1.33. The Kier molecular flexibility index (Phi) is 5.65. The first kappa shape index (κ1) is 23.1. The molecule has 3 heterocycles. The second kappa shape index (κ2) is 8.54. The van der Waals surface area contributed by atoms with Gasteiger partial charge in [0.25, 0.3) is 0 Å². The Morgan fingerprint density at radius 3 is 2.80 bits per heavy atom. The Morgan fingerprint density at radius 1 is 1.29 bits per heavy atom. The smallest absolute Gasteiger partial charge is 0.405 e. The minimum atomic E-state index is -4.52. The van der Waals surface area contributed by atoms with Crippen LogP contribution in [0.3, 0.4) is 0 Å². The summed E-state index contributed by atoms with van der Waals surface area (Å²) in [6.07, 6.45) is 0.904. The van der Waals surface area contributed by atoms with Crippen LogP contribution in [0.25, 0.3) is 11.0 Å². The van der Waals surface area contributed by atoms with E-state index in [9.17, 15) is 22.8 Å². The minimum Gasteiger partial charge on any atom is -0.489 e. The highest BCUT2D eigenvalue weighted by Gasteiger charge is 2.53. The van der Waals surface area contributed by atoms with Crippen molar-refractivity contribution in [1.82, 2.24) is 20.5 Å². The van der Waals surface area contributed by atoms with Crippen LogP contribution in [0.4, 0.5) is 18.9 Å². The quantitative estimate of drug-likeness (QED) is 0.574. The number of nitrogens with zero attached hydrogens (tertiary/aromatic N) is 3. The second-order valence-electron chi connectivity index (χ2n) is 9.13. The largest absolute Gasteiger partial charge is 0.489 e. The van der Waals surface area contributed by atoms with Gasteiger partial charge in [0.15, 0.2) is 5.65 Å². The molecule has 0 unspecified atom stereocenters. The zero-order valence-electron chi connectivity index (χ0n) is 19.0. The molecule has 8 nitrogen and oxygen atoms in total. The molecule has 2 aliphatic rings. The molecule has 2 N–H and O–H groups in total. The molecule has 5 rings (SSSR count). The Labute approximate surface area is 198 Å². The Hall–Kier alpha value is -3.63. The van der Waals surface area contributed by atoms with E-state index in [1.54, 1.807) is 24.5 Å². The molecule has 0 bridgehead atoms. The topological polar surface area (TPSA) is 100 Å². The summed E-state index contributed by atoms with van der Waals surface area (Å²) in [4.78, 5) is 31.5. The lowest BCUT2D eigenvalue weighted by atomic mass is 9.68. The van der Waals surface area contributed by atoms with Gasteiger partial charge >= 0.3 is 6.18 Å². The molecule has 184 valence electrons. The molecule has 2 amide bonds. The van der Waals surface area contributed by atoms with Gasteiger partial charge in [-0.05, 0) is 55.9 Å². The molecule has 1 fully saturated rings. The molecule has 35 heavy (non-hydrogen) atoms. The molecule has 1 aromatic carbocycles. The SMILES string of the molecule is Cc1cccc2c1C1(CCC(Oc3cnc4[nH]ncc4c3)CC1)C(=O)N2CC(=O)NCC(F)(F)F. The molecule has 2 aromatic heterocycles. The number of aromatic amines is 1. The number of carbonyl (C=O) groups is 2. The van der Waals surface area contributed by atoms with Crippen LogP contribution >= 0.6 is 0 Å². The number of amides is 2. The molecule has 0 saturated heterocycles. The fourth-order valence-electron chi connectivity index (χ4n) is 5.27. The van der Waals surface area contributed by atoms with Crippen molar-refractivity contribution in [2.24, 2.45) is 0 Å². The van der Waals surface area contributed by atoms with E-state index in [2.05, 4.69) is 15.2 Å². The van der Waals surface area contributed by atoms with Gasteiger partial charge in [-0.1, -0.05) is 12.1 Å². The molecule has 3 aromatic rings. The van der Waals surface area contributed by atoms with E-state index in [-0.39, 0.29) is 12.0 Å². The number of halogens is 3. The van der Waals surface area contributed by atoms with Crippen LogP contribution in [-0.2, 0) is 15.0 Å². The fourth-order valence-corrected chi connectivity index (χ4v) is 5.27. The molecular formula is C24H24F3N5O3. The van der Waals surface area contributed by atoms with Gasteiger partial charge in [-0.2, -0.15) is 18.3 Å². The van der Waals surface area contributed by atoms with Crippen molar-refractivity contribution in [1.29, 1.82) is 0 Å². The standard InChI is InChI=1S/C24H24F3N5O3/c1-14-3-2-4-18-20(14)23(22(34)32(18)12-19(33)29-13-24(25,26)27)7-5-16(6-8-23)35-17-9-15-10-30-31-21(15)28-11-17/h2-4,9-11,16H,5-8,12-13H2,1H3,(H,29,33)(H,28,30,31). The summed E-state index contributed by atoms with van der Waals surface area (Å²) < 4.78 is 43.7. The van der Waals surface area contributed by atoms with Crippen LogP contribution in [0.15, 0.2) is 36.7 Å². The fraction of sp³-hybridized carbons (Fsp3) is 0.417. The predicted octanol–water partition coefficient (Wildman–Crippen LogP) is 3.55. The van der Waals surface area contributed by atoms with E-state index in [1.807, 2.05) is 24.4 Å². The van der Waals surface area contributed by atoms with Gasteiger partial charge in [0.2, 0.25) is 11.8 Å². The molecule has 1 saturated carbocycles. The minimum absolute atomic E-state index is 0.115. The lowest BCUT2D eigenvalue weighted by Crippen LogP contribution is -2.48. The van der Waals surface area contributed by atoms with Crippen LogP contribution < -0.4 is 15.0 Å². The normalized spacial score (nSPS) is 22.0. The molecular weight excluding hydrogens is 463 g/mol. The maximum Gasteiger partial charge on any atom is 0.405 e. The van der Waals surface area contributed by atoms with Crippen molar-refractivity contribution in [2.45, 2.75) is 50.3 Å². The van der Waals surface area contributed by atoms with Crippen molar-refractivity contribution in [3.8, 4) is 5.75 Å². The van der Waals surface area contributed by atoms with Crippen molar-refractivity contribution >= 4 is 28.5 Å². The summed E-state index contributed by atoms with van der Waals surface area (Å²) in [5.74, 6) is -0.472. The summed E-state index contributed by atoms with van der Waals surface area (Å²) in [7, 11) is 0. The third-order valence-corrected chi connectivity index (χ3v) is 6.82. The van der Waals surface area contributed by atoms with E-state index in [0.29, 0.717) is 42.8 Å². The molecule has 0 radical (unpaired) electrons. The summed E-state index contributed by atoms with van der Waals surface area (Å²) >= 11 is 0. The van der Waals surface area contributed by atoms with Gasteiger partial charge in [0.1, 0.15) is 18.8 Å². The van der Waals surface area contributed by atoms with Crippen molar-refractivity contribution in [3.63, 3.8) is 0 Å². The van der Waals surface area contributed by atoms with E-state index >= 15 is 0 Å². The number of fused-ring (bicyclic) bond motifs is 3. The highest BCUT2D eigenvalue weighted by atomic mass is 19.4. The first-order valence-corrected chi connectivity index (χ1v) is 11.4. The van der Waals surface area contributed by atoms with Crippen molar-refractivity contribution in [3.05, 3.63) is 47.8 Å².